The van der Waals surface area contributed by atoms with E-state index >= 15 is 0 Å². The Balaban J connectivity index is 1.39. The highest BCUT2D eigenvalue weighted by Gasteiger charge is 2.39. The van der Waals surface area contributed by atoms with Crippen LogP contribution in [0.2, 0.25) is 10.0 Å². The summed E-state index contributed by atoms with van der Waals surface area (Å²) in [5.74, 6) is 0.423. The summed E-state index contributed by atoms with van der Waals surface area (Å²) < 4.78 is 0. The number of nitroso groups, excluding NO2 is 1. The summed E-state index contributed by atoms with van der Waals surface area (Å²) >= 11 is 12.8. The molecule has 3 aliphatic heterocycles. The number of nitrogens with zero attached hydrogens (tertiary/aromatic N) is 4. The molecule has 1 unspecified atom stereocenters. The summed E-state index contributed by atoms with van der Waals surface area (Å²) in [4.78, 5) is 30.2. The van der Waals surface area contributed by atoms with E-state index in [0.29, 0.717) is 29.1 Å². The second-order valence-corrected chi connectivity index (χ2v) is 10.8. The molecule has 8 nitrogen and oxygen atoms in total. The van der Waals surface area contributed by atoms with Crippen molar-refractivity contribution in [3.63, 3.8) is 0 Å². The lowest BCUT2D eigenvalue weighted by molar-refractivity contribution is -0.137. The normalized spacial score (nSPS) is 23.3. The highest BCUT2D eigenvalue weighted by Crippen LogP contribution is 2.40. The van der Waals surface area contributed by atoms with Gasteiger partial charge in [-0.2, -0.15) is 0 Å². The molecule has 1 atom stereocenters. The molecule has 4 aliphatic rings. The van der Waals surface area contributed by atoms with Crippen molar-refractivity contribution in [3.8, 4) is 0 Å². The number of hydrogen-bond acceptors (Lipinski definition) is 7. The third-order valence-electron chi connectivity index (χ3n) is 7.03. The molecule has 0 bridgehead atoms. The van der Waals surface area contributed by atoms with Gasteiger partial charge in [0.1, 0.15) is 6.17 Å². The molecule has 5 rings (SSSR count). The summed E-state index contributed by atoms with van der Waals surface area (Å²) in [7, 11) is 0. The molecule has 0 aromatic heterocycles. The smallest absolute Gasteiger partial charge is 0.253 e. The number of hydrogen-bond donors (Lipinski definition) is 2. The molecular formula is C24H30Cl2N6O2. The quantitative estimate of drug-likeness (QED) is 0.577. The van der Waals surface area contributed by atoms with Gasteiger partial charge in [0.2, 0.25) is 0 Å². The Morgan fingerprint density at radius 2 is 1.91 bits per heavy atom. The van der Waals surface area contributed by atoms with Crippen LogP contribution >= 0.6 is 23.2 Å². The summed E-state index contributed by atoms with van der Waals surface area (Å²) in [5, 5.41) is 11.5. The number of benzene rings is 1. The van der Waals surface area contributed by atoms with Crippen LogP contribution in [0.3, 0.4) is 0 Å². The zero-order valence-corrected chi connectivity index (χ0v) is 21.0. The first kappa shape index (κ1) is 23.5. The van der Waals surface area contributed by atoms with Crippen LogP contribution in [0.25, 0.3) is 5.70 Å². The molecule has 0 spiro atoms. The monoisotopic (exact) mass is 504 g/mol. The van der Waals surface area contributed by atoms with Gasteiger partial charge in [0.15, 0.2) is 5.54 Å². The number of halogens is 2. The average molecular weight is 505 g/mol. The van der Waals surface area contributed by atoms with Gasteiger partial charge >= 0.3 is 0 Å². The van der Waals surface area contributed by atoms with Crippen molar-refractivity contribution in [1.29, 1.82) is 0 Å². The van der Waals surface area contributed by atoms with Crippen LogP contribution in [-0.4, -0.2) is 71.6 Å². The predicted octanol–water partition coefficient (Wildman–Crippen LogP) is 3.44. The Kier molecular flexibility index (Phi) is 6.25. The highest BCUT2D eigenvalue weighted by molar-refractivity contribution is 6.35. The average Bonchev–Trinajstić information content (AvgIpc) is 3.62. The third-order valence-corrected chi connectivity index (χ3v) is 7.57. The number of carbonyl (C=O) groups excluding carboxylic acids is 1. The van der Waals surface area contributed by atoms with Gasteiger partial charge in [0.25, 0.3) is 5.91 Å². The molecule has 1 saturated carbocycles. The summed E-state index contributed by atoms with van der Waals surface area (Å²) in [5.41, 5.74) is 3.20. The minimum atomic E-state index is -1.23. The second-order valence-electron chi connectivity index (χ2n) is 9.97. The fraction of sp³-hybridized carbons (Fsp3) is 0.542. The van der Waals surface area contributed by atoms with Gasteiger partial charge in [-0.15, -0.1) is 4.91 Å². The fourth-order valence-electron chi connectivity index (χ4n) is 4.84. The van der Waals surface area contributed by atoms with Gasteiger partial charge < -0.3 is 20.4 Å². The number of carbonyl (C=O) groups is 1. The number of fused-ring (bicyclic) bond motifs is 1. The summed E-state index contributed by atoms with van der Waals surface area (Å²) in [6.07, 6.45) is 4.84. The van der Waals surface area contributed by atoms with E-state index in [0.717, 1.165) is 37.4 Å². The van der Waals surface area contributed by atoms with Gasteiger partial charge in [-0.05, 0) is 44.9 Å². The lowest BCUT2D eigenvalue weighted by Gasteiger charge is -2.38. The first-order chi connectivity index (χ1) is 16.3. The van der Waals surface area contributed by atoms with Gasteiger partial charge in [-0.3, -0.25) is 9.69 Å². The zero-order chi connectivity index (χ0) is 24.0. The molecule has 2 fully saturated rings. The molecule has 2 N–H and O–H groups in total. The molecule has 1 amide bonds. The van der Waals surface area contributed by atoms with E-state index in [1.165, 1.54) is 24.2 Å². The van der Waals surface area contributed by atoms with Crippen molar-refractivity contribution in [2.75, 3.05) is 39.3 Å². The zero-order valence-electron chi connectivity index (χ0n) is 19.5. The lowest BCUT2D eigenvalue weighted by Crippen LogP contribution is -2.54. The predicted molar refractivity (Wildman–Crippen MR) is 134 cm³/mol. The number of rotatable bonds is 6. The minimum Gasteiger partial charge on any atom is -0.383 e. The van der Waals surface area contributed by atoms with Crippen LogP contribution in [-0.2, 0) is 4.79 Å². The van der Waals surface area contributed by atoms with Gasteiger partial charge in [-0.1, -0.05) is 28.4 Å². The Hall–Kier alpha value is -2.29. The van der Waals surface area contributed by atoms with Crippen molar-refractivity contribution in [2.45, 2.75) is 38.4 Å². The number of piperazine rings is 1. The van der Waals surface area contributed by atoms with E-state index < -0.39 is 5.54 Å². The molecule has 0 radical (unpaired) electrons. The molecule has 182 valence electrons. The SMILES string of the molecule is CC(C)(N=O)C(=O)N1CCN(CC2=C(c3ccc(Cl)cc3Cl)NC3CNC(C4CC4)=CN23)CC1. The number of nitrogens with one attached hydrogen (secondary N) is 2. The van der Waals surface area contributed by atoms with Crippen molar-refractivity contribution in [2.24, 2.45) is 11.1 Å². The molecule has 1 aromatic rings. The van der Waals surface area contributed by atoms with E-state index in [-0.39, 0.29) is 12.1 Å². The first-order valence-corrected chi connectivity index (χ1v) is 12.6. The number of amides is 1. The van der Waals surface area contributed by atoms with Crippen LogP contribution in [0.1, 0.15) is 32.3 Å². The Morgan fingerprint density at radius 1 is 1.18 bits per heavy atom. The molecule has 1 aliphatic carbocycles. The van der Waals surface area contributed by atoms with E-state index in [1.54, 1.807) is 24.8 Å². The molecule has 34 heavy (non-hydrogen) atoms. The lowest BCUT2D eigenvalue weighted by atomic mass is 10.0. The van der Waals surface area contributed by atoms with Crippen molar-refractivity contribution in [3.05, 3.63) is 56.3 Å². The van der Waals surface area contributed by atoms with Crippen LogP contribution in [0.4, 0.5) is 0 Å². The second kappa shape index (κ2) is 9.06. The summed E-state index contributed by atoms with van der Waals surface area (Å²) in [6, 6.07) is 5.61. The Bertz CT molecular complexity index is 1060. The molecule has 1 saturated heterocycles. The molecule has 10 heteroatoms. The van der Waals surface area contributed by atoms with Crippen LogP contribution in [0.5, 0.6) is 0 Å². The van der Waals surface area contributed by atoms with E-state index in [1.807, 2.05) is 12.1 Å². The maximum absolute atomic E-state index is 12.6. The minimum absolute atomic E-state index is 0.113. The van der Waals surface area contributed by atoms with Crippen LogP contribution in [0, 0.1) is 10.8 Å². The van der Waals surface area contributed by atoms with E-state index in [2.05, 4.69) is 31.8 Å². The van der Waals surface area contributed by atoms with Gasteiger partial charge in [-0.25, -0.2) is 0 Å². The van der Waals surface area contributed by atoms with E-state index in [9.17, 15) is 9.70 Å². The standard InChI is InChI=1S/C24H30Cl2N6O2/c1-24(2,29-34)23(33)31-9-7-30(8-10-31)14-20-22(17-6-5-16(25)11-18(17)26)28-21-12-27-19(13-32(20)21)15-3-4-15/h5-6,11,13,15,21,27-28H,3-4,7-10,12,14H2,1-2H3. The number of allylic oxidation sites excluding steroid dienone is 1. The maximum atomic E-state index is 12.6. The highest BCUT2D eigenvalue weighted by atomic mass is 35.5. The molecular weight excluding hydrogens is 475 g/mol. The Labute approximate surface area is 209 Å². The first-order valence-electron chi connectivity index (χ1n) is 11.8. The van der Waals surface area contributed by atoms with E-state index in [4.69, 9.17) is 23.2 Å². The molecule has 3 heterocycles. The van der Waals surface area contributed by atoms with Crippen molar-refractivity contribution in [1.82, 2.24) is 25.3 Å². The van der Waals surface area contributed by atoms with Crippen molar-refractivity contribution >= 4 is 34.8 Å². The fourth-order valence-corrected chi connectivity index (χ4v) is 5.34. The van der Waals surface area contributed by atoms with Gasteiger partial charge in [0, 0.05) is 61.1 Å². The third kappa shape index (κ3) is 4.51. The maximum Gasteiger partial charge on any atom is 0.253 e. The Morgan fingerprint density at radius 3 is 2.56 bits per heavy atom. The van der Waals surface area contributed by atoms with Crippen LogP contribution < -0.4 is 10.6 Å². The molecule has 1 aromatic carbocycles. The van der Waals surface area contributed by atoms with Gasteiger partial charge in [0.05, 0.1) is 23.0 Å². The topological polar surface area (TPSA) is 80.3 Å². The van der Waals surface area contributed by atoms with Crippen molar-refractivity contribution < 1.29 is 4.79 Å². The van der Waals surface area contributed by atoms with Crippen LogP contribution in [0.15, 0.2) is 41.0 Å². The largest absolute Gasteiger partial charge is 0.383 e. The summed E-state index contributed by atoms with van der Waals surface area (Å²) in [6.45, 7) is 7.28.